The van der Waals surface area contributed by atoms with Gasteiger partial charge in [-0.15, -0.1) is 0 Å². The lowest BCUT2D eigenvalue weighted by Crippen LogP contribution is -2.47. The van der Waals surface area contributed by atoms with E-state index in [1.165, 1.54) is 16.4 Å². The number of carbonyl (C=O) groups is 2. The lowest BCUT2D eigenvalue weighted by Gasteiger charge is -2.32. The van der Waals surface area contributed by atoms with Gasteiger partial charge in [-0.05, 0) is 69.3 Å². The van der Waals surface area contributed by atoms with Gasteiger partial charge in [-0.2, -0.15) is 4.31 Å². The van der Waals surface area contributed by atoms with Crippen LogP contribution in [-0.2, 0) is 14.8 Å². The largest absolute Gasteiger partial charge is 0.492 e. The number of hydrogen-bond donors (Lipinski definition) is 1. The van der Waals surface area contributed by atoms with Crippen molar-refractivity contribution in [3.8, 4) is 5.75 Å². The number of nitrogens with one attached hydrogen (secondary N) is 1. The van der Waals surface area contributed by atoms with E-state index in [4.69, 9.17) is 16.3 Å². The summed E-state index contributed by atoms with van der Waals surface area (Å²) in [6, 6.07) is 11.4. The molecule has 0 aromatic heterocycles. The van der Waals surface area contributed by atoms with Crippen molar-refractivity contribution in [2.24, 2.45) is 5.92 Å². The molecular formula is C26H33ClN4O5S. The monoisotopic (exact) mass is 548 g/mol. The molecule has 2 saturated heterocycles. The Labute approximate surface area is 223 Å². The Morgan fingerprint density at radius 3 is 2.24 bits per heavy atom. The quantitative estimate of drug-likeness (QED) is 0.570. The minimum atomic E-state index is -3.73. The zero-order valence-electron chi connectivity index (χ0n) is 21.2. The lowest BCUT2D eigenvalue weighted by atomic mass is 9.97. The van der Waals surface area contributed by atoms with Crippen LogP contribution in [0.1, 0.15) is 30.1 Å². The van der Waals surface area contributed by atoms with Gasteiger partial charge in [-0.1, -0.05) is 11.6 Å². The van der Waals surface area contributed by atoms with Crippen molar-refractivity contribution >= 4 is 39.1 Å². The van der Waals surface area contributed by atoms with E-state index in [0.29, 0.717) is 49.5 Å². The van der Waals surface area contributed by atoms with Crippen LogP contribution in [0, 0.1) is 5.92 Å². The third-order valence-corrected chi connectivity index (χ3v) is 9.05. The Morgan fingerprint density at radius 2 is 1.65 bits per heavy atom. The van der Waals surface area contributed by atoms with E-state index in [1.807, 2.05) is 18.9 Å². The molecule has 9 nitrogen and oxygen atoms in total. The average molecular weight is 549 g/mol. The van der Waals surface area contributed by atoms with Crippen molar-refractivity contribution < 1.29 is 22.7 Å². The molecule has 4 rings (SSSR count). The molecule has 2 heterocycles. The van der Waals surface area contributed by atoms with Crippen LogP contribution in [-0.4, -0.2) is 87.3 Å². The van der Waals surface area contributed by atoms with E-state index in [0.717, 1.165) is 13.1 Å². The number of nitrogens with zero attached hydrogens (tertiary/aromatic N) is 3. The fraction of sp³-hybridized carbons (Fsp3) is 0.462. The predicted molar refractivity (Wildman–Crippen MR) is 143 cm³/mol. The van der Waals surface area contributed by atoms with Gasteiger partial charge in [0, 0.05) is 56.4 Å². The van der Waals surface area contributed by atoms with Gasteiger partial charge in [0.1, 0.15) is 5.75 Å². The van der Waals surface area contributed by atoms with Crippen LogP contribution in [0.25, 0.3) is 0 Å². The van der Waals surface area contributed by atoms with Crippen molar-refractivity contribution in [2.75, 3.05) is 58.2 Å². The van der Waals surface area contributed by atoms with Gasteiger partial charge >= 0.3 is 0 Å². The molecule has 2 amide bonds. The number of benzene rings is 2. The van der Waals surface area contributed by atoms with Crippen LogP contribution in [0.3, 0.4) is 0 Å². The minimum Gasteiger partial charge on any atom is -0.492 e. The normalized spacial score (nSPS) is 18.0. The topological polar surface area (TPSA) is 99.3 Å². The number of carbonyl (C=O) groups excluding carboxylic acids is 2. The summed E-state index contributed by atoms with van der Waals surface area (Å²) in [4.78, 5) is 29.7. The van der Waals surface area contributed by atoms with E-state index in [2.05, 4.69) is 10.2 Å². The Balaban J connectivity index is 1.30. The second kappa shape index (κ2) is 11.8. The van der Waals surface area contributed by atoms with E-state index >= 15 is 0 Å². The highest BCUT2D eigenvalue weighted by atomic mass is 35.5. The summed E-state index contributed by atoms with van der Waals surface area (Å²) in [6.45, 7) is 5.85. The van der Waals surface area contributed by atoms with Crippen molar-refractivity contribution in [1.82, 2.24) is 14.1 Å². The highest BCUT2D eigenvalue weighted by Crippen LogP contribution is 2.30. The molecule has 0 radical (unpaired) electrons. The first kappa shape index (κ1) is 27.4. The van der Waals surface area contributed by atoms with Crippen molar-refractivity contribution in [1.29, 1.82) is 0 Å². The van der Waals surface area contributed by atoms with E-state index in [9.17, 15) is 18.0 Å². The van der Waals surface area contributed by atoms with Crippen LogP contribution in [0.4, 0.5) is 5.69 Å². The summed E-state index contributed by atoms with van der Waals surface area (Å²) in [5.74, 6) is -0.0232. The highest BCUT2D eigenvalue weighted by Gasteiger charge is 2.32. The SMILES string of the molecule is CCOc1ccc(S(=O)(=O)N2CCC(C(=O)Nc3ccc(C(=O)N4CCN(C)CC4)cc3)CC2)cc1Cl. The van der Waals surface area contributed by atoms with Crippen molar-refractivity contribution in [2.45, 2.75) is 24.7 Å². The van der Waals surface area contributed by atoms with Gasteiger partial charge in [-0.3, -0.25) is 9.59 Å². The Morgan fingerprint density at radius 1 is 1.00 bits per heavy atom. The molecule has 11 heteroatoms. The first-order valence-electron chi connectivity index (χ1n) is 12.5. The second-order valence-corrected chi connectivity index (χ2v) is 11.7. The number of sulfonamides is 1. The molecule has 37 heavy (non-hydrogen) atoms. The van der Waals surface area contributed by atoms with Crippen LogP contribution >= 0.6 is 11.6 Å². The maximum atomic E-state index is 13.1. The Kier molecular flexibility index (Phi) is 8.74. The lowest BCUT2D eigenvalue weighted by molar-refractivity contribution is -0.120. The van der Waals surface area contributed by atoms with Crippen molar-refractivity contribution in [3.05, 3.63) is 53.1 Å². The second-order valence-electron chi connectivity index (χ2n) is 9.37. The fourth-order valence-electron chi connectivity index (χ4n) is 4.55. The molecule has 2 aliphatic heterocycles. The molecule has 0 aliphatic carbocycles. The van der Waals surface area contributed by atoms with Gasteiger partial charge in [-0.25, -0.2) is 8.42 Å². The Bertz CT molecular complexity index is 1220. The molecule has 2 fully saturated rings. The van der Waals surface area contributed by atoms with Gasteiger partial charge in [0.15, 0.2) is 0 Å². The number of piperazine rings is 1. The molecule has 0 bridgehead atoms. The van der Waals surface area contributed by atoms with Crippen LogP contribution in [0.5, 0.6) is 5.75 Å². The summed E-state index contributed by atoms with van der Waals surface area (Å²) in [5, 5.41) is 3.15. The van der Waals surface area contributed by atoms with E-state index in [-0.39, 0.29) is 40.7 Å². The summed E-state index contributed by atoms with van der Waals surface area (Å²) < 4.78 is 32.9. The summed E-state index contributed by atoms with van der Waals surface area (Å²) in [6.07, 6.45) is 0.825. The van der Waals surface area contributed by atoms with Gasteiger partial charge in [0.25, 0.3) is 5.91 Å². The van der Waals surface area contributed by atoms with Crippen LogP contribution in [0.2, 0.25) is 5.02 Å². The molecule has 2 aromatic carbocycles. The number of halogens is 1. The van der Waals surface area contributed by atoms with Gasteiger partial charge in [0.05, 0.1) is 16.5 Å². The third kappa shape index (κ3) is 6.43. The van der Waals surface area contributed by atoms with Crippen LogP contribution in [0.15, 0.2) is 47.4 Å². The van der Waals surface area contributed by atoms with Crippen molar-refractivity contribution in [3.63, 3.8) is 0 Å². The number of rotatable bonds is 7. The Hall–Kier alpha value is -2.66. The maximum Gasteiger partial charge on any atom is 0.253 e. The predicted octanol–water partition coefficient (Wildman–Crippen LogP) is 3.17. The molecule has 1 N–H and O–H groups in total. The fourth-order valence-corrected chi connectivity index (χ4v) is 6.35. The van der Waals surface area contributed by atoms with Gasteiger partial charge in [0.2, 0.25) is 15.9 Å². The summed E-state index contributed by atoms with van der Waals surface area (Å²) in [5.41, 5.74) is 1.20. The number of ether oxygens (including phenoxy) is 1. The molecule has 0 unspecified atom stereocenters. The molecule has 0 spiro atoms. The van der Waals surface area contributed by atoms with Gasteiger partial charge < -0.3 is 19.9 Å². The van der Waals surface area contributed by atoms with Crippen LogP contribution < -0.4 is 10.1 Å². The number of hydrogen-bond acceptors (Lipinski definition) is 6. The highest BCUT2D eigenvalue weighted by molar-refractivity contribution is 7.89. The first-order valence-corrected chi connectivity index (χ1v) is 14.3. The summed E-state index contributed by atoms with van der Waals surface area (Å²) in [7, 11) is -1.68. The first-order chi connectivity index (χ1) is 17.7. The molecule has 0 atom stereocenters. The minimum absolute atomic E-state index is 0.00613. The molecule has 2 aromatic rings. The maximum absolute atomic E-state index is 13.1. The van der Waals surface area contributed by atoms with E-state index < -0.39 is 10.0 Å². The third-order valence-electron chi connectivity index (χ3n) is 6.86. The standard InChI is InChI=1S/C26H33ClN4O5S/c1-3-36-24-9-8-22(18-23(24)27)37(34,35)31-12-10-19(11-13-31)25(32)28-21-6-4-20(5-7-21)26(33)30-16-14-29(2)15-17-30/h4-9,18-19H,3,10-17H2,1-2H3,(H,28,32). The van der Waals surface area contributed by atoms with E-state index in [1.54, 1.807) is 30.3 Å². The number of likely N-dealkylation sites (N-methyl/N-ethyl adjacent to an activating group) is 1. The molecule has 0 saturated carbocycles. The zero-order valence-corrected chi connectivity index (χ0v) is 22.7. The average Bonchev–Trinajstić information content (AvgIpc) is 2.90. The zero-order chi connectivity index (χ0) is 26.6. The number of amides is 2. The number of piperidine rings is 1. The summed E-state index contributed by atoms with van der Waals surface area (Å²) >= 11 is 6.18. The molecule has 2 aliphatic rings. The number of anilines is 1. The smallest absolute Gasteiger partial charge is 0.253 e. The molecule has 200 valence electrons. The molecular weight excluding hydrogens is 516 g/mol.